The predicted molar refractivity (Wildman–Crippen MR) is 107 cm³/mol. The summed E-state index contributed by atoms with van der Waals surface area (Å²) < 4.78 is 5.51. The molecule has 5 nitrogen and oxygen atoms in total. The maximum atomic E-state index is 12.5. The monoisotopic (exact) mass is 375 g/mol. The second kappa shape index (κ2) is 9.57. The van der Waals surface area contributed by atoms with Crippen LogP contribution in [0.1, 0.15) is 17.2 Å². The van der Waals surface area contributed by atoms with E-state index in [-0.39, 0.29) is 24.4 Å². The van der Waals surface area contributed by atoms with Gasteiger partial charge in [0.1, 0.15) is 5.75 Å². The summed E-state index contributed by atoms with van der Waals surface area (Å²) in [5, 5.41) is 6.41. The molecule has 1 saturated heterocycles. The summed E-state index contributed by atoms with van der Waals surface area (Å²) in [7, 11) is 1.68. The number of hydrogen-bond acceptors (Lipinski definition) is 4. The summed E-state index contributed by atoms with van der Waals surface area (Å²) in [6, 6.07) is 16.0. The molecule has 0 aromatic heterocycles. The Morgan fingerprint density at radius 2 is 2.08 bits per heavy atom. The molecule has 1 atom stereocenters. The number of nitrogens with one attached hydrogen (secondary N) is 2. The van der Waals surface area contributed by atoms with E-state index in [1.165, 1.54) is 0 Å². The van der Waals surface area contributed by atoms with E-state index in [0.29, 0.717) is 6.54 Å². The van der Waals surface area contributed by atoms with Crippen LogP contribution in [0.3, 0.4) is 0 Å². The number of carbonyl (C=O) groups excluding carboxylic acids is 1. The number of ether oxygens (including phenoxy) is 1. The Morgan fingerprint density at radius 1 is 1.27 bits per heavy atom. The molecule has 1 amide bonds. The molecule has 26 heavy (non-hydrogen) atoms. The SMILES string of the molecule is COc1ccccc1C1CNCCN1CC(=O)Nc1cccc(C)c1.Cl. The van der Waals surface area contributed by atoms with E-state index in [9.17, 15) is 4.79 Å². The molecule has 0 spiro atoms. The lowest BCUT2D eigenvalue weighted by Gasteiger charge is -2.36. The van der Waals surface area contributed by atoms with Crippen LogP contribution in [0, 0.1) is 6.92 Å². The number of rotatable bonds is 5. The van der Waals surface area contributed by atoms with Crippen molar-refractivity contribution in [1.29, 1.82) is 0 Å². The molecule has 1 heterocycles. The van der Waals surface area contributed by atoms with Gasteiger partial charge < -0.3 is 15.4 Å². The van der Waals surface area contributed by atoms with E-state index in [4.69, 9.17) is 4.74 Å². The summed E-state index contributed by atoms with van der Waals surface area (Å²) >= 11 is 0. The number of methoxy groups -OCH3 is 1. The van der Waals surface area contributed by atoms with E-state index < -0.39 is 0 Å². The number of aryl methyl sites for hydroxylation is 1. The number of amides is 1. The molecule has 6 heteroatoms. The zero-order chi connectivity index (χ0) is 17.6. The fourth-order valence-electron chi connectivity index (χ4n) is 3.29. The zero-order valence-corrected chi connectivity index (χ0v) is 16.0. The van der Waals surface area contributed by atoms with Gasteiger partial charge in [0.25, 0.3) is 0 Å². The predicted octanol–water partition coefficient (Wildman–Crippen LogP) is 3.01. The first-order chi connectivity index (χ1) is 12.2. The van der Waals surface area contributed by atoms with E-state index in [1.54, 1.807) is 7.11 Å². The molecule has 1 aliphatic heterocycles. The van der Waals surface area contributed by atoms with Crippen LogP contribution in [-0.2, 0) is 4.79 Å². The quantitative estimate of drug-likeness (QED) is 0.843. The van der Waals surface area contributed by atoms with Gasteiger partial charge in [-0.3, -0.25) is 9.69 Å². The van der Waals surface area contributed by atoms with Crippen molar-refractivity contribution in [3.05, 3.63) is 59.7 Å². The highest BCUT2D eigenvalue weighted by atomic mass is 35.5. The van der Waals surface area contributed by atoms with Crippen molar-refractivity contribution in [3.8, 4) is 5.75 Å². The number of benzene rings is 2. The van der Waals surface area contributed by atoms with Gasteiger partial charge in [0.2, 0.25) is 5.91 Å². The minimum Gasteiger partial charge on any atom is -0.496 e. The first kappa shape index (κ1) is 20.2. The molecule has 0 bridgehead atoms. The van der Waals surface area contributed by atoms with Gasteiger partial charge in [-0.15, -0.1) is 12.4 Å². The van der Waals surface area contributed by atoms with Crippen LogP contribution < -0.4 is 15.4 Å². The van der Waals surface area contributed by atoms with Crippen molar-refractivity contribution >= 4 is 24.0 Å². The molecular formula is C20H26ClN3O2. The molecule has 140 valence electrons. The molecule has 1 unspecified atom stereocenters. The molecule has 0 aliphatic carbocycles. The van der Waals surface area contributed by atoms with Gasteiger partial charge in [-0.2, -0.15) is 0 Å². The summed E-state index contributed by atoms with van der Waals surface area (Å²) in [6.07, 6.45) is 0. The van der Waals surface area contributed by atoms with Crippen LogP contribution >= 0.6 is 12.4 Å². The number of carbonyl (C=O) groups is 1. The number of para-hydroxylation sites is 1. The molecule has 0 saturated carbocycles. The number of anilines is 1. The van der Waals surface area contributed by atoms with Crippen LogP contribution in [0.4, 0.5) is 5.69 Å². The summed E-state index contributed by atoms with van der Waals surface area (Å²) in [4.78, 5) is 14.7. The highest BCUT2D eigenvalue weighted by Gasteiger charge is 2.27. The molecule has 1 fully saturated rings. The van der Waals surface area contributed by atoms with Crippen LogP contribution in [0.2, 0.25) is 0 Å². The molecule has 2 aromatic rings. The molecule has 2 aromatic carbocycles. The zero-order valence-electron chi connectivity index (χ0n) is 15.2. The number of nitrogens with zero attached hydrogens (tertiary/aromatic N) is 1. The third-order valence-electron chi connectivity index (χ3n) is 4.50. The topological polar surface area (TPSA) is 53.6 Å². The van der Waals surface area contributed by atoms with Crippen LogP contribution in [0.5, 0.6) is 5.75 Å². The largest absolute Gasteiger partial charge is 0.496 e. The van der Waals surface area contributed by atoms with Gasteiger partial charge in [0.15, 0.2) is 0 Å². The Balaban J connectivity index is 0.00000243. The Hall–Kier alpha value is -2.08. The van der Waals surface area contributed by atoms with Crippen LogP contribution in [0.25, 0.3) is 0 Å². The lowest BCUT2D eigenvalue weighted by molar-refractivity contribution is -0.118. The number of hydrogen-bond donors (Lipinski definition) is 2. The fourth-order valence-corrected chi connectivity index (χ4v) is 3.29. The minimum atomic E-state index is 0. The van der Waals surface area contributed by atoms with Crippen molar-refractivity contribution in [2.75, 3.05) is 38.6 Å². The maximum Gasteiger partial charge on any atom is 0.238 e. The maximum absolute atomic E-state index is 12.5. The van der Waals surface area contributed by atoms with Gasteiger partial charge >= 0.3 is 0 Å². The Morgan fingerprint density at radius 3 is 2.85 bits per heavy atom. The lowest BCUT2D eigenvalue weighted by Crippen LogP contribution is -2.48. The third-order valence-corrected chi connectivity index (χ3v) is 4.50. The molecule has 0 radical (unpaired) electrons. The van der Waals surface area contributed by atoms with E-state index in [1.807, 2.05) is 49.4 Å². The first-order valence-electron chi connectivity index (χ1n) is 8.61. The second-order valence-electron chi connectivity index (χ2n) is 6.35. The smallest absolute Gasteiger partial charge is 0.238 e. The molecule has 1 aliphatic rings. The first-order valence-corrected chi connectivity index (χ1v) is 8.61. The standard InChI is InChI=1S/C20H25N3O2.ClH/c1-15-6-5-7-16(12-15)22-20(24)14-23-11-10-21-13-18(23)17-8-3-4-9-19(17)25-2;/h3-9,12,18,21H,10-11,13-14H2,1-2H3,(H,22,24);1H. The minimum absolute atomic E-state index is 0. The normalized spacial score (nSPS) is 17.2. The Labute approximate surface area is 161 Å². The van der Waals surface area contributed by atoms with Crippen LogP contribution in [-0.4, -0.2) is 44.1 Å². The second-order valence-corrected chi connectivity index (χ2v) is 6.35. The van der Waals surface area contributed by atoms with E-state index in [2.05, 4.69) is 21.6 Å². The molecule has 3 rings (SSSR count). The lowest BCUT2D eigenvalue weighted by atomic mass is 10.0. The highest BCUT2D eigenvalue weighted by molar-refractivity contribution is 5.92. The summed E-state index contributed by atoms with van der Waals surface area (Å²) in [6.45, 7) is 4.88. The fraction of sp³-hybridized carbons (Fsp3) is 0.350. The van der Waals surface area contributed by atoms with Gasteiger partial charge in [-0.05, 0) is 30.7 Å². The van der Waals surface area contributed by atoms with Crippen molar-refractivity contribution in [3.63, 3.8) is 0 Å². The van der Waals surface area contributed by atoms with Crippen molar-refractivity contribution < 1.29 is 9.53 Å². The Bertz CT molecular complexity index is 739. The van der Waals surface area contributed by atoms with E-state index in [0.717, 1.165) is 42.2 Å². The molecular weight excluding hydrogens is 350 g/mol. The Kier molecular flexibility index (Phi) is 7.45. The van der Waals surface area contributed by atoms with Gasteiger partial charge in [0.05, 0.1) is 19.7 Å². The summed E-state index contributed by atoms with van der Waals surface area (Å²) in [5.74, 6) is 0.868. The van der Waals surface area contributed by atoms with Gasteiger partial charge in [0, 0.05) is 30.9 Å². The van der Waals surface area contributed by atoms with Crippen molar-refractivity contribution in [2.45, 2.75) is 13.0 Å². The van der Waals surface area contributed by atoms with Gasteiger partial charge in [-0.1, -0.05) is 30.3 Å². The number of piperazine rings is 1. The molecule has 2 N–H and O–H groups in total. The van der Waals surface area contributed by atoms with Crippen molar-refractivity contribution in [2.24, 2.45) is 0 Å². The summed E-state index contributed by atoms with van der Waals surface area (Å²) in [5.41, 5.74) is 3.08. The highest BCUT2D eigenvalue weighted by Crippen LogP contribution is 2.29. The third kappa shape index (κ3) is 4.97. The van der Waals surface area contributed by atoms with Crippen LogP contribution in [0.15, 0.2) is 48.5 Å². The van der Waals surface area contributed by atoms with Crippen molar-refractivity contribution in [1.82, 2.24) is 10.2 Å². The number of halogens is 1. The van der Waals surface area contributed by atoms with Gasteiger partial charge in [-0.25, -0.2) is 0 Å². The average molecular weight is 376 g/mol. The van der Waals surface area contributed by atoms with E-state index >= 15 is 0 Å². The average Bonchev–Trinajstić information content (AvgIpc) is 2.62.